The fraction of sp³-hybridized carbons (Fsp3) is 0.122. The lowest BCUT2D eigenvalue weighted by atomic mass is 9.97. The van der Waals surface area contributed by atoms with Crippen LogP contribution in [0.15, 0.2) is 103 Å². The Bertz CT molecular complexity index is 2330. The van der Waals surface area contributed by atoms with Crippen LogP contribution in [0.1, 0.15) is 27.8 Å². The number of benzene rings is 6. The van der Waals surface area contributed by atoms with Gasteiger partial charge in [-0.2, -0.15) is 13.2 Å². The third-order valence-corrected chi connectivity index (χ3v) is 9.21. The lowest BCUT2D eigenvalue weighted by Crippen LogP contribution is -2.11. The summed E-state index contributed by atoms with van der Waals surface area (Å²) in [5.41, 5.74) is 6.27. The molecular formula is C41H29F5N2. The Morgan fingerprint density at radius 1 is 0.438 bits per heavy atom. The normalized spacial score (nSPS) is 12.3. The van der Waals surface area contributed by atoms with E-state index in [-0.39, 0.29) is 22.5 Å². The van der Waals surface area contributed by atoms with Crippen molar-refractivity contribution in [1.29, 1.82) is 0 Å². The quantitative estimate of drug-likeness (QED) is 0.169. The predicted octanol–water partition coefficient (Wildman–Crippen LogP) is 12.1. The lowest BCUT2D eigenvalue weighted by Gasteiger charge is -2.23. The van der Waals surface area contributed by atoms with E-state index in [9.17, 15) is 0 Å². The van der Waals surface area contributed by atoms with Crippen LogP contribution in [0.3, 0.4) is 0 Å². The Morgan fingerprint density at radius 2 is 0.771 bits per heavy atom. The van der Waals surface area contributed by atoms with Gasteiger partial charge in [0.15, 0.2) is 0 Å². The van der Waals surface area contributed by atoms with E-state index >= 15 is 22.0 Å². The van der Waals surface area contributed by atoms with Crippen LogP contribution in [0.5, 0.6) is 0 Å². The van der Waals surface area contributed by atoms with E-state index in [2.05, 4.69) is 0 Å². The highest BCUT2D eigenvalue weighted by Gasteiger charge is 2.34. The fourth-order valence-electron chi connectivity index (χ4n) is 7.12. The molecule has 2 aromatic heterocycles. The largest absolute Gasteiger partial charge is 0.416 e. The van der Waals surface area contributed by atoms with Crippen LogP contribution in [-0.2, 0) is 6.18 Å². The molecule has 0 spiro atoms. The minimum atomic E-state index is -4.73. The van der Waals surface area contributed by atoms with Crippen LogP contribution < -0.4 is 0 Å². The molecule has 0 aliphatic heterocycles. The van der Waals surface area contributed by atoms with Crippen molar-refractivity contribution in [3.8, 4) is 22.5 Å². The number of aromatic nitrogens is 2. The molecule has 238 valence electrons. The molecule has 0 atom stereocenters. The summed E-state index contributed by atoms with van der Waals surface area (Å²) < 4.78 is 79.1. The average molecular weight is 645 g/mol. The maximum atomic E-state index is 15.1. The van der Waals surface area contributed by atoms with E-state index in [4.69, 9.17) is 0 Å². The number of hydrogen-bond donors (Lipinski definition) is 0. The molecule has 0 radical (unpaired) electrons. The number of hydrogen-bond acceptors (Lipinski definition) is 0. The van der Waals surface area contributed by atoms with Gasteiger partial charge in [0.05, 0.1) is 39.0 Å². The molecule has 0 N–H and O–H groups in total. The summed E-state index contributed by atoms with van der Waals surface area (Å²) >= 11 is 0. The van der Waals surface area contributed by atoms with Crippen molar-refractivity contribution in [1.82, 2.24) is 9.13 Å². The summed E-state index contributed by atoms with van der Waals surface area (Å²) in [6, 6.07) is 28.8. The Balaban J connectivity index is 1.66. The molecule has 48 heavy (non-hydrogen) atoms. The van der Waals surface area contributed by atoms with E-state index in [0.717, 1.165) is 62.0 Å². The molecule has 8 rings (SSSR count). The molecule has 2 heterocycles. The molecule has 7 heteroatoms. The summed E-state index contributed by atoms with van der Waals surface area (Å²) in [6.45, 7) is 7.71. The Labute approximate surface area is 273 Å². The molecule has 0 aliphatic carbocycles. The summed E-state index contributed by atoms with van der Waals surface area (Å²) in [5, 5.41) is 3.42. The predicted molar refractivity (Wildman–Crippen MR) is 184 cm³/mol. The van der Waals surface area contributed by atoms with Crippen LogP contribution >= 0.6 is 0 Å². The Kier molecular flexibility index (Phi) is 6.57. The first-order valence-electron chi connectivity index (χ1n) is 15.6. The smallest absolute Gasteiger partial charge is 0.309 e. The minimum absolute atomic E-state index is 0.122. The zero-order valence-corrected chi connectivity index (χ0v) is 26.6. The molecule has 6 aromatic carbocycles. The highest BCUT2D eigenvalue weighted by atomic mass is 19.4. The second-order valence-electron chi connectivity index (χ2n) is 12.8. The topological polar surface area (TPSA) is 9.86 Å². The van der Waals surface area contributed by atoms with Gasteiger partial charge in [-0.25, -0.2) is 8.78 Å². The SMILES string of the molecule is Cc1ccc2c3ccc(C)cc3n(-c3cc(C(F)(F)F)cc(-n4c5cc(C)ccc5c5ccc(C)cc54)c3-c3cc(F)cc(F)c3)c2c1. The number of halogens is 5. The summed E-state index contributed by atoms with van der Waals surface area (Å²) in [7, 11) is 0. The monoisotopic (exact) mass is 644 g/mol. The third-order valence-electron chi connectivity index (χ3n) is 9.21. The number of fused-ring (bicyclic) bond motifs is 6. The molecule has 0 saturated heterocycles. The average Bonchev–Trinajstić information content (AvgIpc) is 3.49. The first-order chi connectivity index (χ1) is 22.9. The van der Waals surface area contributed by atoms with Crippen molar-refractivity contribution in [2.24, 2.45) is 0 Å². The third kappa shape index (κ3) is 4.67. The van der Waals surface area contributed by atoms with Crippen LogP contribution in [0, 0.1) is 39.3 Å². The van der Waals surface area contributed by atoms with Gasteiger partial charge in [0.2, 0.25) is 0 Å². The van der Waals surface area contributed by atoms with E-state index in [0.29, 0.717) is 22.1 Å². The van der Waals surface area contributed by atoms with Crippen molar-refractivity contribution in [3.05, 3.63) is 143 Å². The lowest BCUT2D eigenvalue weighted by molar-refractivity contribution is -0.137. The van der Waals surface area contributed by atoms with Crippen molar-refractivity contribution in [2.75, 3.05) is 0 Å². The van der Waals surface area contributed by atoms with Crippen molar-refractivity contribution in [3.63, 3.8) is 0 Å². The Hall–Kier alpha value is -5.43. The van der Waals surface area contributed by atoms with Gasteiger partial charge in [-0.05, 0) is 104 Å². The Morgan fingerprint density at radius 3 is 1.08 bits per heavy atom. The van der Waals surface area contributed by atoms with Gasteiger partial charge in [0, 0.05) is 33.2 Å². The first-order valence-corrected chi connectivity index (χ1v) is 15.6. The molecule has 0 fully saturated rings. The summed E-state index contributed by atoms with van der Waals surface area (Å²) in [6.07, 6.45) is -4.73. The van der Waals surface area contributed by atoms with Crippen molar-refractivity contribution in [2.45, 2.75) is 33.9 Å². The van der Waals surface area contributed by atoms with E-state index < -0.39 is 23.4 Å². The van der Waals surface area contributed by atoms with E-state index in [1.807, 2.05) is 110 Å². The molecule has 0 saturated carbocycles. The van der Waals surface area contributed by atoms with Gasteiger partial charge in [0.1, 0.15) is 11.6 Å². The van der Waals surface area contributed by atoms with Crippen LogP contribution in [0.2, 0.25) is 0 Å². The molecule has 0 aliphatic rings. The molecule has 0 amide bonds. The standard InChI is InChI=1S/C41H29F5N2/c1-22-5-9-30-31-10-6-23(2)14-35(31)47(34(30)13-22)38-19-27(41(44,45)46)20-39(40(38)26-17-28(42)21-29(43)18-26)48-36-15-24(3)7-11-32(36)33-12-8-25(4)16-37(33)48/h5-21H,1-4H3. The van der Waals surface area contributed by atoms with Gasteiger partial charge >= 0.3 is 6.18 Å². The van der Waals surface area contributed by atoms with Gasteiger partial charge in [-0.3, -0.25) is 0 Å². The number of nitrogens with zero attached hydrogens (tertiary/aromatic N) is 2. The van der Waals surface area contributed by atoms with E-state index in [1.165, 1.54) is 12.1 Å². The molecule has 0 bridgehead atoms. The van der Waals surface area contributed by atoms with Crippen molar-refractivity contribution >= 4 is 43.6 Å². The van der Waals surface area contributed by atoms with Gasteiger partial charge in [-0.1, -0.05) is 48.5 Å². The zero-order chi connectivity index (χ0) is 33.6. The molecule has 8 aromatic rings. The molecule has 2 nitrogen and oxygen atoms in total. The minimum Gasteiger partial charge on any atom is -0.309 e. The van der Waals surface area contributed by atoms with Crippen molar-refractivity contribution < 1.29 is 22.0 Å². The van der Waals surface area contributed by atoms with Crippen LogP contribution in [0.25, 0.3) is 66.1 Å². The van der Waals surface area contributed by atoms with Gasteiger partial charge < -0.3 is 9.13 Å². The van der Waals surface area contributed by atoms with Gasteiger partial charge in [0.25, 0.3) is 0 Å². The van der Waals surface area contributed by atoms with Crippen LogP contribution in [-0.4, -0.2) is 9.13 Å². The van der Waals surface area contributed by atoms with E-state index in [1.54, 1.807) is 0 Å². The first kappa shape index (κ1) is 29.9. The highest BCUT2D eigenvalue weighted by Crippen LogP contribution is 2.45. The maximum Gasteiger partial charge on any atom is 0.416 e. The summed E-state index contributed by atoms with van der Waals surface area (Å²) in [4.78, 5) is 0. The molecular weight excluding hydrogens is 615 g/mol. The number of alkyl halides is 3. The van der Waals surface area contributed by atoms with Crippen LogP contribution in [0.4, 0.5) is 22.0 Å². The highest BCUT2D eigenvalue weighted by molar-refractivity contribution is 6.12. The maximum absolute atomic E-state index is 15.1. The second kappa shape index (κ2) is 10.5. The van der Waals surface area contributed by atoms with Gasteiger partial charge in [-0.15, -0.1) is 0 Å². The fourth-order valence-corrected chi connectivity index (χ4v) is 7.12. The molecule has 0 unspecified atom stereocenters. The summed E-state index contributed by atoms with van der Waals surface area (Å²) in [5.74, 6) is -1.66. The second-order valence-corrected chi connectivity index (χ2v) is 12.8. The zero-order valence-electron chi connectivity index (χ0n) is 26.6. The number of aryl methyl sites for hydroxylation is 4. The number of rotatable bonds is 3.